The fourth-order valence-electron chi connectivity index (χ4n) is 1.53. The number of aliphatic hydroxyl groups excluding tert-OH is 1. The van der Waals surface area contributed by atoms with Gasteiger partial charge in [-0.1, -0.05) is 38.1 Å². The molecule has 0 heterocycles. The minimum Gasteiger partial charge on any atom is -0.392 e. The first-order chi connectivity index (χ1) is 6.80. The van der Waals surface area contributed by atoms with Gasteiger partial charge >= 0.3 is 0 Å². The van der Waals surface area contributed by atoms with Crippen LogP contribution in [-0.2, 0) is 13.2 Å². The van der Waals surface area contributed by atoms with Gasteiger partial charge in [0.2, 0.25) is 0 Å². The first kappa shape index (κ1) is 11.2. The van der Waals surface area contributed by atoms with Gasteiger partial charge in [-0.2, -0.15) is 0 Å². The summed E-state index contributed by atoms with van der Waals surface area (Å²) in [5.41, 5.74) is 2.27. The summed E-state index contributed by atoms with van der Waals surface area (Å²) in [7, 11) is 0. The molecule has 0 spiro atoms. The lowest BCUT2D eigenvalue weighted by molar-refractivity contribution is 0.280. The van der Waals surface area contributed by atoms with E-state index in [2.05, 4.69) is 30.9 Å². The summed E-state index contributed by atoms with van der Waals surface area (Å²) in [6.45, 7) is 7.57. The fourth-order valence-corrected chi connectivity index (χ4v) is 1.53. The first-order valence-electron chi connectivity index (χ1n) is 5.21. The maximum absolute atomic E-state index is 9.00. The highest BCUT2D eigenvalue weighted by atomic mass is 16.3. The number of aliphatic hydroxyl groups is 1. The van der Waals surface area contributed by atoms with Crippen LogP contribution >= 0.6 is 0 Å². The summed E-state index contributed by atoms with van der Waals surface area (Å²) in [6.07, 6.45) is 0. The van der Waals surface area contributed by atoms with Gasteiger partial charge in [0.1, 0.15) is 0 Å². The summed E-state index contributed by atoms with van der Waals surface area (Å²) in [4.78, 5) is 2.36. The Hall–Kier alpha value is -0.860. The predicted octanol–water partition coefficient (Wildman–Crippen LogP) is 2.02. The standard InChI is InChI=1S/C12H19NO/c1-3-13(4-2)9-11-6-5-7-12(8-11)10-14/h5-8,14H,3-4,9-10H2,1-2H3. The molecule has 0 aliphatic rings. The summed E-state index contributed by atoms with van der Waals surface area (Å²) in [5, 5.41) is 9.00. The lowest BCUT2D eigenvalue weighted by Crippen LogP contribution is -2.22. The number of hydrogen-bond donors (Lipinski definition) is 1. The predicted molar refractivity (Wildman–Crippen MR) is 59.0 cm³/mol. The molecule has 0 aliphatic heterocycles. The third-order valence-electron chi connectivity index (χ3n) is 2.47. The molecule has 14 heavy (non-hydrogen) atoms. The van der Waals surface area contributed by atoms with Crippen LogP contribution in [0.4, 0.5) is 0 Å². The highest BCUT2D eigenvalue weighted by Gasteiger charge is 2.01. The number of benzene rings is 1. The Bertz CT molecular complexity index is 269. The van der Waals surface area contributed by atoms with E-state index in [1.54, 1.807) is 0 Å². The number of hydrogen-bond acceptors (Lipinski definition) is 2. The van der Waals surface area contributed by atoms with Crippen molar-refractivity contribution in [2.75, 3.05) is 13.1 Å². The molecule has 1 aromatic rings. The second-order valence-corrected chi connectivity index (χ2v) is 3.44. The Morgan fingerprint density at radius 3 is 2.36 bits per heavy atom. The molecule has 1 aromatic carbocycles. The smallest absolute Gasteiger partial charge is 0.0681 e. The van der Waals surface area contributed by atoms with Gasteiger partial charge in [-0.05, 0) is 24.2 Å². The van der Waals surface area contributed by atoms with E-state index >= 15 is 0 Å². The quantitative estimate of drug-likeness (QED) is 0.773. The Morgan fingerprint density at radius 1 is 1.14 bits per heavy atom. The molecule has 0 saturated heterocycles. The van der Waals surface area contributed by atoms with Crippen LogP contribution in [0.2, 0.25) is 0 Å². The fraction of sp³-hybridized carbons (Fsp3) is 0.500. The molecule has 0 bridgehead atoms. The van der Waals surface area contributed by atoms with Crippen LogP contribution < -0.4 is 0 Å². The van der Waals surface area contributed by atoms with Gasteiger partial charge in [-0.15, -0.1) is 0 Å². The van der Waals surface area contributed by atoms with E-state index in [0.29, 0.717) is 0 Å². The zero-order valence-electron chi connectivity index (χ0n) is 9.03. The van der Waals surface area contributed by atoms with Crippen molar-refractivity contribution in [2.45, 2.75) is 27.0 Å². The van der Waals surface area contributed by atoms with Crippen molar-refractivity contribution in [1.82, 2.24) is 4.90 Å². The maximum Gasteiger partial charge on any atom is 0.0681 e. The molecule has 0 aliphatic carbocycles. The lowest BCUT2D eigenvalue weighted by Gasteiger charge is -2.18. The normalized spacial score (nSPS) is 10.9. The van der Waals surface area contributed by atoms with Crippen molar-refractivity contribution in [2.24, 2.45) is 0 Å². The van der Waals surface area contributed by atoms with Gasteiger partial charge in [0.25, 0.3) is 0 Å². The molecule has 0 atom stereocenters. The van der Waals surface area contributed by atoms with E-state index in [-0.39, 0.29) is 6.61 Å². The molecular formula is C12H19NO. The van der Waals surface area contributed by atoms with Crippen LogP contribution in [0.5, 0.6) is 0 Å². The Kier molecular flexibility index (Phi) is 4.63. The van der Waals surface area contributed by atoms with Crippen molar-refractivity contribution in [3.63, 3.8) is 0 Å². The number of rotatable bonds is 5. The Morgan fingerprint density at radius 2 is 1.79 bits per heavy atom. The minimum absolute atomic E-state index is 0.131. The highest BCUT2D eigenvalue weighted by Crippen LogP contribution is 2.08. The molecule has 0 amide bonds. The van der Waals surface area contributed by atoms with Crippen molar-refractivity contribution in [3.8, 4) is 0 Å². The lowest BCUT2D eigenvalue weighted by atomic mass is 10.1. The average Bonchev–Trinajstić information content (AvgIpc) is 2.26. The minimum atomic E-state index is 0.131. The van der Waals surface area contributed by atoms with Gasteiger partial charge in [0.15, 0.2) is 0 Å². The Balaban J connectivity index is 2.65. The molecule has 0 fully saturated rings. The van der Waals surface area contributed by atoms with Gasteiger partial charge < -0.3 is 5.11 Å². The van der Waals surface area contributed by atoms with E-state index in [4.69, 9.17) is 5.11 Å². The van der Waals surface area contributed by atoms with Crippen LogP contribution in [0.25, 0.3) is 0 Å². The van der Waals surface area contributed by atoms with Crippen molar-refractivity contribution < 1.29 is 5.11 Å². The zero-order valence-corrected chi connectivity index (χ0v) is 9.03. The van der Waals surface area contributed by atoms with E-state index in [1.165, 1.54) is 5.56 Å². The monoisotopic (exact) mass is 193 g/mol. The molecular weight excluding hydrogens is 174 g/mol. The van der Waals surface area contributed by atoms with Gasteiger partial charge in [-0.25, -0.2) is 0 Å². The van der Waals surface area contributed by atoms with Crippen LogP contribution in [0, 0.1) is 0 Å². The maximum atomic E-state index is 9.00. The average molecular weight is 193 g/mol. The first-order valence-corrected chi connectivity index (χ1v) is 5.21. The summed E-state index contributed by atoms with van der Waals surface area (Å²) >= 11 is 0. The molecule has 78 valence electrons. The van der Waals surface area contributed by atoms with E-state index in [1.807, 2.05) is 12.1 Å². The van der Waals surface area contributed by atoms with E-state index < -0.39 is 0 Å². The molecule has 0 unspecified atom stereocenters. The largest absolute Gasteiger partial charge is 0.392 e. The van der Waals surface area contributed by atoms with Gasteiger partial charge in [0.05, 0.1) is 6.61 Å². The SMILES string of the molecule is CCN(CC)Cc1cccc(CO)c1. The van der Waals surface area contributed by atoms with E-state index in [0.717, 1.165) is 25.2 Å². The van der Waals surface area contributed by atoms with Crippen molar-refractivity contribution in [3.05, 3.63) is 35.4 Å². The molecule has 0 aromatic heterocycles. The molecule has 1 N–H and O–H groups in total. The third kappa shape index (κ3) is 3.13. The van der Waals surface area contributed by atoms with Crippen LogP contribution in [0.1, 0.15) is 25.0 Å². The second kappa shape index (κ2) is 5.78. The van der Waals surface area contributed by atoms with Gasteiger partial charge in [-0.3, -0.25) is 4.90 Å². The molecule has 0 saturated carbocycles. The molecule has 1 rings (SSSR count). The van der Waals surface area contributed by atoms with Crippen molar-refractivity contribution >= 4 is 0 Å². The second-order valence-electron chi connectivity index (χ2n) is 3.44. The third-order valence-corrected chi connectivity index (χ3v) is 2.47. The van der Waals surface area contributed by atoms with Gasteiger partial charge in [0, 0.05) is 6.54 Å². The highest BCUT2D eigenvalue weighted by molar-refractivity contribution is 5.22. The topological polar surface area (TPSA) is 23.5 Å². The number of nitrogens with zero attached hydrogens (tertiary/aromatic N) is 1. The molecule has 2 nitrogen and oxygen atoms in total. The van der Waals surface area contributed by atoms with Crippen LogP contribution in [0.3, 0.4) is 0 Å². The van der Waals surface area contributed by atoms with E-state index in [9.17, 15) is 0 Å². The van der Waals surface area contributed by atoms with Crippen LogP contribution in [-0.4, -0.2) is 23.1 Å². The van der Waals surface area contributed by atoms with Crippen LogP contribution in [0.15, 0.2) is 24.3 Å². The summed E-state index contributed by atoms with van der Waals surface area (Å²) < 4.78 is 0. The van der Waals surface area contributed by atoms with Crippen molar-refractivity contribution in [1.29, 1.82) is 0 Å². The molecule has 0 radical (unpaired) electrons. The Labute approximate surface area is 86.2 Å². The molecule has 2 heteroatoms. The summed E-state index contributed by atoms with van der Waals surface area (Å²) in [6, 6.07) is 8.13. The summed E-state index contributed by atoms with van der Waals surface area (Å²) in [5.74, 6) is 0. The zero-order chi connectivity index (χ0) is 10.4.